The third-order valence-electron chi connectivity index (χ3n) is 3.66. The van der Waals surface area contributed by atoms with Gasteiger partial charge in [-0.05, 0) is 25.3 Å². The molecule has 1 aliphatic rings. The van der Waals surface area contributed by atoms with Crippen molar-refractivity contribution in [3.8, 4) is 0 Å². The van der Waals surface area contributed by atoms with Gasteiger partial charge in [0.15, 0.2) is 0 Å². The summed E-state index contributed by atoms with van der Waals surface area (Å²) in [5.74, 6) is 0. The molecule has 0 saturated carbocycles. The number of hydrogen-bond donors (Lipinski definition) is 1. The van der Waals surface area contributed by atoms with E-state index < -0.39 is 11.7 Å². The van der Waals surface area contributed by atoms with Gasteiger partial charge in [-0.3, -0.25) is 9.67 Å². The van der Waals surface area contributed by atoms with Gasteiger partial charge >= 0.3 is 6.18 Å². The molecule has 0 fully saturated rings. The van der Waals surface area contributed by atoms with E-state index in [0.717, 1.165) is 43.3 Å². The average Bonchev–Trinajstić information content (AvgIpc) is 2.88. The Morgan fingerprint density at radius 1 is 1.24 bits per heavy atom. The van der Waals surface area contributed by atoms with Gasteiger partial charge in [-0.15, -0.1) is 0 Å². The van der Waals surface area contributed by atoms with Gasteiger partial charge in [-0.25, -0.2) is 0 Å². The number of pyridine rings is 1. The highest BCUT2D eigenvalue weighted by molar-refractivity contribution is 5.51. The monoisotopic (exact) mass is 296 g/mol. The van der Waals surface area contributed by atoms with E-state index >= 15 is 0 Å². The molecule has 1 aliphatic heterocycles. The Morgan fingerprint density at radius 3 is 2.90 bits per heavy atom. The van der Waals surface area contributed by atoms with Crippen molar-refractivity contribution in [3.63, 3.8) is 0 Å². The quantitative estimate of drug-likeness (QED) is 0.945. The van der Waals surface area contributed by atoms with Gasteiger partial charge in [0.25, 0.3) is 0 Å². The summed E-state index contributed by atoms with van der Waals surface area (Å²) < 4.78 is 40.6. The number of rotatable bonds is 3. The first-order valence-corrected chi connectivity index (χ1v) is 6.84. The number of fused-ring (bicyclic) bond motifs is 1. The lowest BCUT2D eigenvalue weighted by Crippen LogP contribution is -2.14. The second kappa shape index (κ2) is 5.38. The second-order valence-electron chi connectivity index (χ2n) is 5.07. The van der Waals surface area contributed by atoms with Crippen LogP contribution in [0, 0.1) is 0 Å². The molecule has 112 valence electrons. The number of halogens is 3. The standard InChI is InChI=1S/C14H15F3N4/c15-14(16,17)11-9-18-5-4-12(11)19-7-10-8-20-21-6-2-1-3-13(10)21/h4-5,8-9H,1-3,6-7H2,(H,18,19). The van der Waals surface area contributed by atoms with Crippen molar-refractivity contribution in [2.45, 2.75) is 38.5 Å². The first-order chi connectivity index (χ1) is 10.1. The molecule has 2 aromatic rings. The fourth-order valence-electron chi connectivity index (χ4n) is 2.60. The number of aromatic nitrogens is 3. The predicted molar refractivity (Wildman–Crippen MR) is 71.7 cm³/mol. The molecule has 3 rings (SSSR count). The van der Waals surface area contributed by atoms with Crippen LogP contribution in [0.1, 0.15) is 29.7 Å². The lowest BCUT2D eigenvalue weighted by Gasteiger charge is -2.16. The zero-order chi connectivity index (χ0) is 14.9. The van der Waals surface area contributed by atoms with Crippen molar-refractivity contribution in [2.24, 2.45) is 0 Å². The van der Waals surface area contributed by atoms with Crippen LogP contribution in [-0.4, -0.2) is 14.8 Å². The van der Waals surface area contributed by atoms with Crippen molar-refractivity contribution in [1.29, 1.82) is 0 Å². The van der Waals surface area contributed by atoms with Gasteiger partial charge in [-0.2, -0.15) is 18.3 Å². The summed E-state index contributed by atoms with van der Waals surface area (Å²) in [6.07, 6.45) is 2.66. The fraction of sp³-hybridized carbons (Fsp3) is 0.429. The lowest BCUT2D eigenvalue weighted by molar-refractivity contribution is -0.137. The van der Waals surface area contributed by atoms with Crippen LogP contribution >= 0.6 is 0 Å². The molecule has 0 bridgehead atoms. The molecule has 2 aromatic heterocycles. The molecule has 1 N–H and O–H groups in total. The predicted octanol–water partition coefficient (Wildman–Crippen LogP) is 3.25. The zero-order valence-corrected chi connectivity index (χ0v) is 11.3. The Kier molecular flexibility index (Phi) is 3.57. The van der Waals surface area contributed by atoms with Gasteiger partial charge in [-0.1, -0.05) is 0 Å². The molecular weight excluding hydrogens is 281 g/mol. The van der Waals surface area contributed by atoms with Crippen molar-refractivity contribution in [3.05, 3.63) is 41.5 Å². The number of anilines is 1. The van der Waals surface area contributed by atoms with Crippen LogP contribution in [0.25, 0.3) is 0 Å². The topological polar surface area (TPSA) is 42.7 Å². The van der Waals surface area contributed by atoms with E-state index in [1.807, 2.05) is 4.68 Å². The average molecular weight is 296 g/mol. The number of nitrogens with zero attached hydrogens (tertiary/aromatic N) is 3. The highest BCUT2D eigenvalue weighted by Crippen LogP contribution is 2.34. The summed E-state index contributed by atoms with van der Waals surface area (Å²) in [4.78, 5) is 3.55. The third-order valence-corrected chi connectivity index (χ3v) is 3.66. The first kappa shape index (κ1) is 13.9. The Labute approximate surface area is 120 Å². The van der Waals surface area contributed by atoms with E-state index in [2.05, 4.69) is 15.4 Å². The summed E-state index contributed by atoms with van der Waals surface area (Å²) in [5.41, 5.74) is 1.38. The molecule has 0 aliphatic carbocycles. The summed E-state index contributed by atoms with van der Waals surface area (Å²) >= 11 is 0. The largest absolute Gasteiger partial charge is 0.419 e. The maximum absolute atomic E-state index is 12.9. The lowest BCUT2D eigenvalue weighted by atomic mass is 10.1. The third kappa shape index (κ3) is 2.86. The van der Waals surface area contributed by atoms with Gasteiger partial charge in [0.05, 0.1) is 11.8 Å². The van der Waals surface area contributed by atoms with Crippen LogP contribution in [0.3, 0.4) is 0 Å². The van der Waals surface area contributed by atoms with E-state index in [4.69, 9.17) is 0 Å². The molecular formula is C14H15F3N4. The second-order valence-corrected chi connectivity index (χ2v) is 5.07. The summed E-state index contributed by atoms with van der Waals surface area (Å²) in [6, 6.07) is 1.35. The molecule has 0 aromatic carbocycles. The Hall–Kier alpha value is -2.05. The van der Waals surface area contributed by atoms with Crippen LogP contribution < -0.4 is 5.32 Å². The molecule has 0 amide bonds. The minimum absolute atomic E-state index is 0.0493. The van der Waals surface area contributed by atoms with E-state index in [1.165, 1.54) is 12.3 Å². The summed E-state index contributed by atoms with van der Waals surface area (Å²) in [5, 5.41) is 7.14. The highest BCUT2D eigenvalue weighted by Gasteiger charge is 2.33. The maximum Gasteiger partial charge on any atom is 0.419 e. The fourth-order valence-corrected chi connectivity index (χ4v) is 2.60. The van der Waals surface area contributed by atoms with Crippen molar-refractivity contribution in [2.75, 3.05) is 5.32 Å². The Balaban J connectivity index is 1.78. The molecule has 0 atom stereocenters. The van der Waals surface area contributed by atoms with Crippen molar-refractivity contribution < 1.29 is 13.2 Å². The molecule has 3 heterocycles. The van der Waals surface area contributed by atoms with Crippen LogP contribution in [0.15, 0.2) is 24.7 Å². The van der Waals surface area contributed by atoms with Gasteiger partial charge in [0.1, 0.15) is 0 Å². The molecule has 0 radical (unpaired) electrons. The summed E-state index contributed by atoms with van der Waals surface area (Å²) in [6.45, 7) is 1.22. The van der Waals surface area contributed by atoms with Gasteiger partial charge in [0, 0.05) is 42.4 Å². The molecule has 0 saturated heterocycles. The SMILES string of the molecule is FC(F)(F)c1cnccc1NCc1cnn2c1CCCC2. The molecule has 0 spiro atoms. The Bertz CT molecular complexity index is 633. The molecule has 7 heteroatoms. The molecule has 4 nitrogen and oxygen atoms in total. The highest BCUT2D eigenvalue weighted by atomic mass is 19.4. The number of hydrogen-bond acceptors (Lipinski definition) is 3. The smallest absolute Gasteiger partial charge is 0.380 e. The minimum Gasteiger partial charge on any atom is -0.380 e. The van der Waals surface area contributed by atoms with Crippen LogP contribution in [0.4, 0.5) is 18.9 Å². The molecule has 0 unspecified atom stereocenters. The normalized spacial score (nSPS) is 14.8. The van der Waals surface area contributed by atoms with Crippen molar-refractivity contribution in [1.82, 2.24) is 14.8 Å². The van der Waals surface area contributed by atoms with E-state index in [-0.39, 0.29) is 5.69 Å². The van der Waals surface area contributed by atoms with Gasteiger partial charge in [0.2, 0.25) is 0 Å². The van der Waals surface area contributed by atoms with Crippen LogP contribution in [0.2, 0.25) is 0 Å². The number of alkyl halides is 3. The first-order valence-electron chi connectivity index (χ1n) is 6.84. The number of nitrogens with one attached hydrogen (secondary N) is 1. The van der Waals surface area contributed by atoms with E-state index in [1.54, 1.807) is 6.20 Å². The minimum atomic E-state index is -4.41. The van der Waals surface area contributed by atoms with Gasteiger partial charge < -0.3 is 5.32 Å². The Morgan fingerprint density at radius 2 is 2.10 bits per heavy atom. The number of aryl methyl sites for hydroxylation is 1. The zero-order valence-electron chi connectivity index (χ0n) is 11.3. The van der Waals surface area contributed by atoms with Crippen LogP contribution in [-0.2, 0) is 25.7 Å². The summed E-state index contributed by atoms with van der Waals surface area (Å²) in [7, 11) is 0. The van der Waals surface area contributed by atoms with E-state index in [0.29, 0.717) is 6.54 Å². The van der Waals surface area contributed by atoms with E-state index in [9.17, 15) is 13.2 Å². The van der Waals surface area contributed by atoms with Crippen LogP contribution in [0.5, 0.6) is 0 Å². The maximum atomic E-state index is 12.9. The van der Waals surface area contributed by atoms with Crippen molar-refractivity contribution >= 4 is 5.69 Å². The molecule has 21 heavy (non-hydrogen) atoms.